The molecule has 0 spiro atoms. The number of esters is 2. The van der Waals surface area contributed by atoms with Gasteiger partial charge >= 0.3 is 18.0 Å². The second-order valence-electron chi connectivity index (χ2n) is 10.9. The summed E-state index contributed by atoms with van der Waals surface area (Å²) >= 11 is 0. The zero-order chi connectivity index (χ0) is 28.7. The van der Waals surface area contributed by atoms with E-state index in [1.807, 2.05) is 48.5 Å². The van der Waals surface area contributed by atoms with Crippen LogP contribution >= 0.6 is 0 Å². The number of nitrogens with one attached hydrogen (secondary N) is 2. The van der Waals surface area contributed by atoms with E-state index in [4.69, 9.17) is 14.2 Å². The highest BCUT2D eigenvalue weighted by molar-refractivity contribution is 5.90. The topological polar surface area (TPSA) is 120 Å². The van der Waals surface area contributed by atoms with Gasteiger partial charge in [-0.25, -0.2) is 9.59 Å². The molecule has 210 valence electrons. The monoisotopic (exact) mass is 538 g/mol. The summed E-state index contributed by atoms with van der Waals surface area (Å²) in [7, 11) is 1.23. The van der Waals surface area contributed by atoms with Crippen molar-refractivity contribution in [1.82, 2.24) is 10.6 Å². The van der Waals surface area contributed by atoms with Crippen molar-refractivity contribution < 1.29 is 33.4 Å². The van der Waals surface area contributed by atoms with Crippen LogP contribution in [0.3, 0.4) is 0 Å². The molecule has 3 rings (SSSR count). The average molecular weight is 539 g/mol. The maximum atomic E-state index is 13.2. The third kappa shape index (κ3) is 7.81. The SMILES string of the molecule is COC(=O)[C@@H](NC(=O)[C@H](CCC(=O)OC(C)(C)C)NC(=O)OCC1c2ccccc2-c2ccccc21)C(C)C. The molecule has 0 saturated heterocycles. The standard InChI is InChI=1S/C30H38N2O7/c1-18(2)26(28(35)37-6)32-27(34)24(15-16-25(33)39-30(3,4)5)31-29(36)38-17-23-21-13-9-7-11-19(21)20-12-8-10-14-22(20)23/h7-14,18,23-24,26H,15-17H2,1-6H3,(H,31,36)(H,32,34)/t24-,26-/m0/s1. The molecule has 0 unspecified atom stereocenters. The van der Waals surface area contributed by atoms with Gasteiger partial charge in [0.2, 0.25) is 5.91 Å². The smallest absolute Gasteiger partial charge is 0.407 e. The average Bonchev–Trinajstić information content (AvgIpc) is 3.20. The first-order valence-electron chi connectivity index (χ1n) is 13.1. The van der Waals surface area contributed by atoms with E-state index in [9.17, 15) is 19.2 Å². The molecule has 2 atom stereocenters. The number of hydrogen-bond donors (Lipinski definition) is 2. The van der Waals surface area contributed by atoms with E-state index < -0.39 is 41.6 Å². The van der Waals surface area contributed by atoms with Crippen LogP contribution in [0, 0.1) is 5.92 Å². The number of hydrogen-bond acceptors (Lipinski definition) is 7. The minimum absolute atomic E-state index is 0.0447. The third-order valence-corrected chi connectivity index (χ3v) is 6.43. The molecule has 0 aliphatic heterocycles. The molecule has 0 saturated carbocycles. The van der Waals surface area contributed by atoms with Crippen molar-refractivity contribution in [3.63, 3.8) is 0 Å². The molecule has 2 amide bonds. The van der Waals surface area contributed by atoms with Crippen molar-refractivity contribution in [2.45, 2.75) is 71.1 Å². The third-order valence-electron chi connectivity index (χ3n) is 6.43. The molecule has 0 bridgehead atoms. The van der Waals surface area contributed by atoms with Crippen LogP contribution in [0.25, 0.3) is 11.1 Å². The van der Waals surface area contributed by atoms with E-state index in [1.54, 1.807) is 34.6 Å². The number of fused-ring (bicyclic) bond motifs is 3. The van der Waals surface area contributed by atoms with E-state index in [2.05, 4.69) is 10.6 Å². The first kappa shape index (κ1) is 29.7. The number of carbonyl (C=O) groups is 4. The summed E-state index contributed by atoms with van der Waals surface area (Å²) in [5.41, 5.74) is 3.62. The van der Waals surface area contributed by atoms with Gasteiger partial charge in [-0.05, 0) is 55.4 Å². The minimum atomic E-state index is -1.14. The van der Waals surface area contributed by atoms with Crippen LogP contribution in [0.5, 0.6) is 0 Å². The maximum absolute atomic E-state index is 13.2. The molecule has 39 heavy (non-hydrogen) atoms. The minimum Gasteiger partial charge on any atom is -0.467 e. The summed E-state index contributed by atoms with van der Waals surface area (Å²) in [6, 6.07) is 13.9. The largest absolute Gasteiger partial charge is 0.467 e. The van der Waals surface area contributed by atoms with Crippen molar-refractivity contribution in [2.24, 2.45) is 5.92 Å². The van der Waals surface area contributed by atoms with Gasteiger partial charge in [0.15, 0.2) is 0 Å². The van der Waals surface area contributed by atoms with Crippen LogP contribution in [0.15, 0.2) is 48.5 Å². The molecule has 0 fully saturated rings. The number of amides is 2. The number of methoxy groups -OCH3 is 1. The number of rotatable bonds is 10. The van der Waals surface area contributed by atoms with Crippen molar-refractivity contribution >= 4 is 23.9 Å². The summed E-state index contributed by atoms with van der Waals surface area (Å²) in [6.45, 7) is 8.82. The Bertz CT molecular complexity index is 1160. The second-order valence-corrected chi connectivity index (χ2v) is 10.9. The van der Waals surface area contributed by atoms with Gasteiger partial charge in [0.25, 0.3) is 0 Å². The van der Waals surface area contributed by atoms with E-state index in [0.29, 0.717) is 0 Å². The highest BCUT2D eigenvalue weighted by atomic mass is 16.6. The Hall–Kier alpha value is -3.88. The summed E-state index contributed by atoms with van der Waals surface area (Å²) in [5, 5.41) is 5.21. The van der Waals surface area contributed by atoms with Gasteiger partial charge < -0.3 is 24.8 Å². The van der Waals surface area contributed by atoms with Crippen LogP contribution in [-0.2, 0) is 28.6 Å². The van der Waals surface area contributed by atoms with Crippen molar-refractivity contribution in [1.29, 1.82) is 0 Å². The lowest BCUT2D eigenvalue weighted by Gasteiger charge is -2.25. The summed E-state index contributed by atoms with van der Waals surface area (Å²) < 4.78 is 15.7. The lowest BCUT2D eigenvalue weighted by Crippen LogP contribution is -2.53. The van der Waals surface area contributed by atoms with Crippen molar-refractivity contribution in [3.05, 3.63) is 59.7 Å². The van der Waals surface area contributed by atoms with Crippen LogP contribution in [0.1, 0.15) is 64.5 Å². The van der Waals surface area contributed by atoms with Crippen LogP contribution < -0.4 is 10.6 Å². The fourth-order valence-electron chi connectivity index (χ4n) is 4.58. The molecule has 9 heteroatoms. The Morgan fingerprint density at radius 3 is 1.97 bits per heavy atom. The van der Waals surface area contributed by atoms with Crippen LogP contribution in [0.2, 0.25) is 0 Å². The molecule has 1 aliphatic carbocycles. The molecule has 2 aromatic rings. The summed E-state index contributed by atoms with van der Waals surface area (Å²) in [6.07, 6.45) is -0.971. The Labute approximate surface area is 229 Å². The molecule has 1 aliphatic rings. The van der Waals surface area contributed by atoms with Crippen molar-refractivity contribution in [3.8, 4) is 11.1 Å². The zero-order valence-corrected chi connectivity index (χ0v) is 23.4. The van der Waals surface area contributed by atoms with Crippen LogP contribution in [-0.4, -0.2) is 55.3 Å². The zero-order valence-electron chi connectivity index (χ0n) is 23.4. The highest BCUT2D eigenvalue weighted by Gasteiger charge is 2.32. The fraction of sp³-hybridized carbons (Fsp3) is 0.467. The van der Waals surface area contributed by atoms with Gasteiger partial charge in [-0.2, -0.15) is 0 Å². The van der Waals surface area contributed by atoms with E-state index in [1.165, 1.54) is 7.11 Å². The van der Waals surface area contributed by atoms with Gasteiger partial charge in [-0.3, -0.25) is 9.59 Å². The lowest BCUT2D eigenvalue weighted by molar-refractivity contribution is -0.155. The predicted molar refractivity (Wildman–Crippen MR) is 146 cm³/mol. The van der Waals surface area contributed by atoms with Gasteiger partial charge in [-0.1, -0.05) is 62.4 Å². The van der Waals surface area contributed by atoms with Gasteiger partial charge in [0, 0.05) is 12.3 Å². The lowest BCUT2D eigenvalue weighted by atomic mass is 9.98. The van der Waals surface area contributed by atoms with E-state index in [0.717, 1.165) is 22.3 Å². The number of carbonyl (C=O) groups excluding carboxylic acids is 4. The van der Waals surface area contributed by atoms with E-state index in [-0.39, 0.29) is 31.3 Å². The molecule has 2 N–H and O–H groups in total. The number of ether oxygens (including phenoxy) is 3. The van der Waals surface area contributed by atoms with Gasteiger partial charge in [-0.15, -0.1) is 0 Å². The molecule has 0 heterocycles. The molecule has 2 aromatic carbocycles. The predicted octanol–water partition coefficient (Wildman–Crippen LogP) is 4.33. The van der Waals surface area contributed by atoms with Crippen LogP contribution in [0.4, 0.5) is 4.79 Å². The highest BCUT2D eigenvalue weighted by Crippen LogP contribution is 2.44. The normalized spacial score (nSPS) is 14.0. The van der Waals surface area contributed by atoms with E-state index >= 15 is 0 Å². The van der Waals surface area contributed by atoms with Gasteiger partial charge in [0.05, 0.1) is 7.11 Å². The number of benzene rings is 2. The fourth-order valence-corrected chi connectivity index (χ4v) is 4.58. The first-order valence-corrected chi connectivity index (χ1v) is 13.1. The first-order chi connectivity index (χ1) is 18.4. The molecule has 0 aromatic heterocycles. The second kappa shape index (κ2) is 12.8. The molecule has 9 nitrogen and oxygen atoms in total. The Kier molecular flexibility index (Phi) is 9.72. The molecular weight excluding hydrogens is 500 g/mol. The Balaban J connectivity index is 1.71. The summed E-state index contributed by atoms with van der Waals surface area (Å²) in [5.74, 6) is -2.16. The number of alkyl carbamates (subject to hydrolysis) is 1. The molecular formula is C30H38N2O7. The quantitative estimate of drug-likeness (QED) is 0.341. The Morgan fingerprint density at radius 1 is 0.897 bits per heavy atom. The summed E-state index contributed by atoms with van der Waals surface area (Å²) in [4.78, 5) is 50.6. The van der Waals surface area contributed by atoms with Crippen molar-refractivity contribution in [2.75, 3.05) is 13.7 Å². The maximum Gasteiger partial charge on any atom is 0.407 e. The Morgan fingerprint density at radius 2 is 1.46 bits per heavy atom. The molecule has 0 radical (unpaired) electrons. The van der Waals surface area contributed by atoms with Gasteiger partial charge in [0.1, 0.15) is 24.3 Å².